The molecule has 0 aliphatic carbocycles. The molecule has 1 fully saturated rings. The molecule has 84 valence electrons. The fourth-order valence-electron chi connectivity index (χ4n) is 2.28. The first-order valence-electron chi connectivity index (χ1n) is 5.75. The first-order valence-corrected chi connectivity index (χ1v) is 5.75. The van der Waals surface area contributed by atoms with E-state index in [1.54, 1.807) is 6.26 Å². The van der Waals surface area contributed by atoms with Crippen molar-refractivity contribution in [2.45, 2.75) is 25.8 Å². The molecule has 1 N–H and O–H groups in total. The highest BCUT2D eigenvalue weighted by Crippen LogP contribution is 2.30. The van der Waals surface area contributed by atoms with Crippen LogP contribution in [0, 0.1) is 5.92 Å². The quantitative estimate of drug-likeness (QED) is 0.826. The summed E-state index contributed by atoms with van der Waals surface area (Å²) in [6.07, 6.45) is 5.88. The number of nitrogens with one attached hydrogen (secondary N) is 1. The van der Waals surface area contributed by atoms with Gasteiger partial charge in [-0.2, -0.15) is 0 Å². The van der Waals surface area contributed by atoms with Gasteiger partial charge < -0.3 is 14.5 Å². The van der Waals surface area contributed by atoms with Crippen molar-refractivity contribution in [2.75, 3.05) is 19.8 Å². The highest BCUT2D eigenvalue weighted by atomic mass is 16.5. The summed E-state index contributed by atoms with van der Waals surface area (Å²) in [5, 5.41) is 3.54. The second kappa shape index (κ2) is 5.33. The predicted octanol–water partition coefficient (Wildman–Crippen LogP) is 2.36. The zero-order chi connectivity index (χ0) is 10.5. The van der Waals surface area contributed by atoms with E-state index in [0.717, 1.165) is 32.6 Å². The molecule has 1 aliphatic heterocycles. The zero-order valence-corrected chi connectivity index (χ0v) is 9.24. The van der Waals surface area contributed by atoms with Gasteiger partial charge in [0.25, 0.3) is 0 Å². The summed E-state index contributed by atoms with van der Waals surface area (Å²) in [6, 6.07) is 2.49. The average Bonchev–Trinajstić information content (AvgIpc) is 2.80. The van der Waals surface area contributed by atoms with Crippen LogP contribution in [0.25, 0.3) is 0 Å². The largest absolute Gasteiger partial charge is 0.472 e. The van der Waals surface area contributed by atoms with Crippen LogP contribution in [0.2, 0.25) is 0 Å². The summed E-state index contributed by atoms with van der Waals surface area (Å²) < 4.78 is 10.6. The Labute approximate surface area is 90.8 Å². The van der Waals surface area contributed by atoms with E-state index in [1.807, 2.05) is 6.26 Å². The molecule has 3 heteroatoms. The number of hydrogen-bond acceptors (Lipinski definition) is 3. The lowest BCUT2D eigenvalue weighted by Gasteiger charge is -2.30. The van der Waals surface area contributed by atoms with Crippen molar-refractivity contribution in [1.82, 2.24) is 5.32 Å². The molecule has 1 saturated heterocycles. The standard InChI is InChI=1S/C12H19NO2/c1-2-13-12(11-5-8-15-9-11)10-3-6-14-7-4-10/h5,8-10,12-13H,2-4,6-7H2,1H3. The Morgan fingerprint density at radius 3 is 2.87 bits per heavy atom. The van der Waals surface area contributed by atoms with Crippen LogP contribution in [0.4, 0.5) is 0 Å². The third-order valence-corrected chi connectivity index (χ3v) is 3.06. The minimum absolute atomic E-state index is 0.428. The molecule has 1 atom stereocenters. The van der Waals surface area contributed by atoms with Crippen LogP contribution >= 0.6 is 0 Å². The fourth-order valence-corrected chi connectivity index (χ4v) is 2.28. The number of rotatable bonds is 4. The number of ether oxygens (including phenoxy) is 1. The van der Waals surface area contributed by atoms with Gasteiger partial charge in [0, 0.05) is 24.8 Å². The lowest BCUT2D eigenvalue weighted by Crippen LogP contribution is -2.31. The Morgan fingerprint density at radius 1 is 1.47 bits per heavy atom. The maximum Gasteiger partial charge on any atom is 0.0950 e. The van der Waals surface area contributed by atoms with Gasteiger partial charge in [0.05, 0.1) is 12.5 Å². The van der Waals surface area contributed by atoms with E-state index in [0.29, 0.717) is 12.0 Å². The highest BCUT2D eigenvalue weighted by Gasteiger charge is 2.25. The third-order valence-electron chi connectivity index (χ3n) is 3.06. The van der Waals surface area contributed by atoms with Crippen molar-refractivity contribution in [1.29, 1.82) is 0 Å². The van der Waals surface area contributed by atoms with Crippen LogP contribution in [0.3, 0.4) is 0 Å². The van der Waals surface area contributed by atoms with Crippen LogP contribution < -0.4 is 5.32 Å². The molecule has 15 heavy (non-hydrogen) atoms. The fraction of sp³-hybridized carbons (Fsp3) is 0.667. The van der Waals surface area contributed by atoms with Gasteiger partial charge in [0.1, 0.15) is 0 Å². The van der Waals surface area contributed by atoms with Gasteiger partial charge in [-0.15, -0.1) is 0 Å². The summed E-state index contributed by atoms with van der Waals surface area (Å²) in [6.45, 7) is 4.93. The molecule has 2 heterocycles. The van der Waals surface area contributed by atoms with Crippen molar-refractivity contribution >= 4 is 0 Å². The van der Waals surface area contributed by atoms with Gasteiger partial charge in [-0.3, -0.25) is 0 Å². The second-order valence-electron chi connectivity index (χ2n) is 4.04. The lowest BCUT2D eigenvalue weighted by molar-refractivity contribution is 0.0537. The molecule has 0 radical (unpaired) electrons. The minimum atomic E-state index is 0.428. The molecule has 3 nitrogen and oxygen atoms in total. The van der Waals surface area contributed by atoms with Gasteiger partial charge in [-0.25, -0.2) is 0 Å². The third kappa shape index (κ3) is 2.61. The molecule has 1 aromatic heterocycles. The van der Waals surface area contributed by atoms with Crippen molar-refractivity contribution in [3.05, 3.63) is 24.2 Å². The minimum Gasteiger partial charge on any atom is -0.472 e. The van der Waals surface area contributed by atoms with Crippen molar-refractivity contribution in [2.24, 2.45) is 5.92 Å². The monoisotopic (exact) mass is 209 g/mol. The Hall–Kier alpha value is -0.800. The van der Waals surface area contributed by atoms with Gasteiger partial charge >= 0.3 is 0 Å². The summed E-state index contributed by atoms with van der Waals surface area (Å²) in [5.41, 5.74) is 1.27. The second-order valence-corrected chi connectivity index (χ2v) is 4.04. The van der Waals surface area contributed by atoms with Crippen molar-refractivity contribution < 1.29 is 9.15 Å². The first-order chi connectivity index (χ1) is 7.42. The molecule has 1 aromatic rings. The maximum absolute atomic E-state index is 5.39. The molecule has 0 amide bonds. The molecule has 0 bridgehead atoms. The van der Waals surface area contributed by atoms with E-state index >= 15 is 0 Å². The van der Waals surface area contributed by atoms with Crippen LogP contribution in [-0.4, -0.2) is 19.8 Å². The maximum atomic E-state index is 5.39. The van der Waals surface area contributed by atoms with Crippen LogP contribution in [-0.2, 0) is 4.74 Å². The van der Waals surface area contributed by atoms with Gasteiger partial charge in [-0.05, 0) is 31.4 Å². The van der Waals surface area contributed by atoms with Gasteiger partial charge in [0.15, 0.2) is 0 Å². The van der Waals surface area contributed by atoms with Crippen molar-refractivity contribution in [3.63, 3.8) is 0 Å². The van der Waals surface area contributed by atoms with E-state index in [2.05, 4.69) is 18.3 Å². The normalized spacial score (nSPS) is 20.3. The van der Waals surface area contributed by atoms with E-state index in [-0.39, 0.29) is 0 Å². The summed E-state index contributed by atoms with van der Waals surface area (Å²) >= 11 is 0. The van der Waals surface area contributed by atoms with E-state index in [4.69, 9.17) is 9.15 Å². The van der Waals surface area contributed by atoms with Gasteiger partial charge in [-0.1, -0.05) is 6.92 Å². The molecular formula is C12H19NO2. The zero-order valence-electron chi connectivity index (χ0n) is 9.24. The highest BCUT2D eigenvalue weighted by molar-refractivity contribution is 5.13. The van der Waals surface area contributed by atoms with E-state index < -0.39 is 0 Å². The molecule has 1 aliphatic rings. The molecule has 0 aromatic carbocycles. The topological polar surface area (TPSA) is 34.4 Å². The Balaban J connectivity index is 2.04. The molecule has 0 spiro atoms. The predicted molar refractivity (Wildman–Crippen MR) is 58.7 cm³/mol. The number of hydrogen-bond donors (Lipinski definition) is 1. The van der Waals surface area contributed by atoms with Crippen molar-refractivity contribution in [3.8, 4) is 0 Å². The Kier molecular flexibility index (Phi) is 3.80. The summed E-state index contributed by atoms with van der Waals surface area (Å²) in [5.74, 6) is 0.677. The molecule has 0 saturated carbocycles. The Morgan fingerprint density at radius 2 is 2.27 bits per heavy atom. The first kappa shape index (κ1) is 10.7. The summed E-state index contributed by atoms with van der Waals surface area (Å²) in [4.78, 5) is 0. The average molecular weight is 209 g/mol. The summed E-state index contributed by atoms with van der Waals surface area (Å²) in [7, 11) is 0. The SMILES string of the molecule is CCNC(c1ccoc1)C1CCOCC1. The molecular weight excluding hydrogens is 190 g/mol. The Bertz CT molecular complexity index is 265. The molecule has 1 unspecified atom stereocenters. The lowest BCUT2D eigenvalue weighted by atomic mass is 9.88. The van der Waals surface area contributed by atoms with Crippen LogP contribution in [0.5, 0.6) is 0 Å². The van der Waals surface area contributed by atoms with Crippen LogP contribution in [0.15, 0.2) is 23.0 Å². The van der Waals surface area contributed by atoms with E-state index in [1.165, 1.54) is 5.56 Å². The van der Waals surface area contributed by atoms with E-state index in [9.17, 15) is 0 Å². The van der Waals surface area contributed by atoms with Crippen LogP contribution in [0.1, 0.15) is 31.4 Å². The number of furan rings is 1. The van der Waals surface area contributed by atoms with Gasteiger partial charge in [0.2, 0.25) is 0 Å². The smallest absolute Gasteiger partial charge is 0.0950 e. The molecule has 2 rings (SSSR count).